The first-order valence-corrected chi connectivity index (χ1v) is 28.8. The van der Waals surface area contributed by atoms with Gasteiger partial charge in [-0.3, -0.25) is 23.0 Å². The molecule has 0 saturated heterocycles. The van der Waals surface area contributed by atoms with Gasteiger partial charge < -0.3 is 29.6 Å². The molecule has 6 aromatic rings. The summed E-state index contributed by atoms with van der Waals surface area (Å²) in [4.78, 5) is 44.3. The van der Waals surface area contributed by atoms with E-state index in [4.69, 9.17) is 15.1 Å². The van der Waals surface area contributed by atoms with E-state index in [1.54, 1.807) is 0 Å². The van der Waals surface area contributed by atoms with Crippen molar-refractivity contribution in [2.75, 3.05) is 46.6 Å². The Morgan fingerprint density at radius 3 is 1.32 bits per heavy atom. The Morgan fingerprint density at radius 2 is 0.973 bits per heavy atom. The fourth-order valence-corrected chi connectivity index (χ4v) is 12.4. The van der Waals surface area contributed by atoms with E-state index in [0.717, 1.165) is 46.8 Å². The maximum atomic E-state index is 13.4. The first-order valence-electron chi connectivity index (χ1n) is 25.9. The number of sulfonamides is 2. The summed E-state index contributed by atoms with van der Waals surface area (Å²) in [6.45, 7) is 15.0. The van der Waals surface area contributed by atoms with E-state index in [0.29, 0.717) is 34.6 Å². The summed E-state index contributed by atoms with van der Waals surface area (Å²) >= 11 is 0. The number of carbonyl (C=O) groups excluding carboxylic acids is 3. The number of hydrogen-bond acceptors (Lipinski definition) is 11. The van der Waals surface area contributed by atoms with Crippen LogP contribution in [0.1, 0.15) is 124 Å². The number of rotatable bonds is 15. The fourth-order valence-electron chi connectivity index (χ4n) is 9.98. The molecule has 0 spiro atoms. The number of imidazole rings is 2. The lowest BCUT2D eigenvalue weighted by atomic mass is 9.88. The van der Waals surface area contributed by atoms with Gasteiger partial charge in [-0.25, -0.2) is 26.8 Å². The van der Waals surface area contributed by atoms with Crippen molar-refractivity contribution in [3.8, 4) is 0 Å². The SMILES string of the molecule is CC(=O)OCC(=O)Nc1ccc(S(=O)(=O)N(C)c2ccc3c(c2)nc(C(C)(C)C)n3CC2CCCCC2)cc1.CN(c1ccc2c(c1)nc(C(C)(C)C)n2CC1CCCCC1)S(=O)(=O)c1ccc(NC(=O)CO)cc1. The van der Waals surface area contributed by atoms with Gasteiger partial charge in [-0.2, -0.15) is 0 Å². The van der Waals surface area contributed by atoms with Crippen LogP contribution in [-0.2, 0) is 63.1 Å². The Balaban J connectivity index is 0.000000219. The van der Waals surface area contributed by atoms with Gasteiger partial charge in [0.2, 0.25) is 5.91 Å². The van der Waals surface area contributed by atoms with Crippen molar-refractivity contribution in [1.29, 1.82) is 0 Å². The zero-order valence-electron chi connectivity index (χ0n) is 44.9. The van der Waals surface area contributed by atoms with Gasteiger partial charge in [-0.1, -0.05) is 80.1 Å². The molecule has 75 heavy (non-hydrogen) atoms. The maximum Gasteiger partial charge on any atom is 0.303 e. The summed E-state index contributed by atoms with van der Waals surface area (Å²) in [5.74, 6) is 1.68. The Morgan fingerprint density at radius 1 is 0.600 bits per heavy atom. The van der Waals surface area contributed by atoms with E-state index < -0.39 is 51.0 Å². The van der Waals surface area contributed by atoms with Crippen molar-refractivity contribution in [3.05, 3.63) is 96.6 Å². The number of nitrogens with zero attached hydrogens (tertiary/aromatic N) is 6. The van der Waals surface area contributed by atoms with Crippen LogP contribution in [0.5, 0.6) is 0 Å². The third kappa shape index (κ3) is 13.6. The molecule has 2 aliphatic carbocycles. The molecule has 0 radical (unpaired) electrons. The molecule has 2 aromatic heterocycles. The Kier molecular flexibility index (Phi) is 17.5. The summed E-state index contributed by atoms with van der Waals surface area (Å²) in [7, 11) is -4.64. The van der Waals surface area contributed by atoms with Crippen LogP contribution in [0.4, 0.5) is 22.7 Å². The van der Waals surface area contributed by atoms with Gasteiger partial charge in [-0.15, -0.1) is 0 Å². The molecule has 2 amide bonds. The maximum absolute atomic E-state index is 13.4. The molecule has 4 aromatic carbocycles. The summed E-state index contributed by atoms with van der Waals surface area (Å²) in [6.07, 6.45) is 12.7. The van der Waals surface area contributed by atoms with E-state index in [-0.39, 0.29) is 20.6 Å². The minimum atomic E-state index is -3.87. The van der Waals surface area contributed by atoms with Crippen molar-refractivity contribution in [2.45, 2.75) is 146 Å². The van der Waals surface area contributed by atoms with Gasteiger partial charge >= 0.3 is 5.97 Å². The van der Waals surface area contributed by atoms with Crippen molar-refractivity contribution < 1.29 is 41.1 Å². The zero-order chi connectivity index (χ0) is 54.5. The number of nitrogens with one attached hydrogen (secondary N) is 2. The van der Waals surface area contributed by atoms with Crippen LogP contribution in [0.3, 0.4) is 0 Å². The number of benzene rings is 4. The van der Waals surface area contributed by atoms with E-state index in [1.807, 2.05) is 36.4 Å². The summed E-state index contributed by atoms with van der Waals surface area (Å²) < 4.78 is 65.3. The first kappa shape index (κ1) is 56.4. The van der Waals surface area contributed by atoms with Gasteiger partial charge in [-0.05, 0) is 122 Å². The van der Waals surface area contributed by atoms with Crippen molar-refractivity contribution in [1.82, 2.24) is 19.1 Å². The Bertz CT molecular complexity index is 3220. The normalized spacial score (nSPS) is 15.0. The molecular formula is C56H74N8O9S2. The van der Waals surface area contributed by atoms with Crippen LogP contribution in [0.25, 0.3) is 22.1 Å². The molecule has 2 saturated carbocycles. The smallest absolute Gasteiger partial charge is 0.303 e. The van der Waals surface area contributed by atoms with Gasteiger partial charge in [0.15, 0.2) is 6.61 Å². The number of aliphatic hydroxyl groups excluding tert-OH is 1. The highest BCUT2D eigenvalue weighted by molar-refractivity contribution is 7.93. The topological polar surface area (TPSA) is 215 Å². The molecule has 0 bridgehead atoms. The Hall–Kier alpha value is -6.31. The molecule has 404 valence electrons. The van der Waals surface area contributed by atoms with Crippen molar-refractivity contribution in [2.24, 2.45) is 11.8 Å². The molecule has 0 aliphatic heterocycles. The number of aliphatic hydroxyl groups is 1. The minimum absolute atomic E-state index is 0.0845. The number of ether oxygens (including phenoxy) is 1. The van der Waals surface area contributed by atoms with Gasteiger partial charge in [0.05, 0.1) is 43.2 Å². The highest BCUT2D eigenvalue weighted by Gasteiger charge is 2.30. The molecule has 2 aliphatic rings. The monoisotopic (exact) mass is 1070 g/mol. The predicted molar refractivity (Wildman–Crippen MR) is 295 cm³/mol. The molecule has 8 rings (SSSR count). The average Bonchev–Trinajstić information content (AvgIpc) is 3.94. The van der Waals surface area contributed by atoms with Crippen LogP contribution in [0.2, 0.25) is 0 Å². The van der Waals surface area contributed by atoms with Crippen LogP contribution in [0.15, 0.2) is 94.7 Å². The summed E-state index contributed by atoms with van der Waals surface area (Å²) in [6, 6.07) is 23.0. The first-order chi connectivity index (χ1) is 35.4. The second kappa shape index (κ2) is 23.3. The number of hydrogen-bond donors (Lipinski definition) is 3. The highest BCUT2D eigenvalue weighted by atomic mass is 32.2. The Labute approximate surface area is 442 Å². The molecule has 3 N–H and O–H groups in total. The second-order valence-electron chi connectivity index (χ2n) is 22.0. The van der Waals surface area contributed by atoms with E-state index >= 15 is 0 Å². The average molecular weight is 1070 g/mol. The van der Waals surface area contributed by atoms with Gasteiger partial charge in [0, 0.05) is 56.3 Å². The lowest BCUT2D eigenvalue weighted by Crippen LogP contribution is -2.26. The molecule has 0 unspecified atom stereocenters. The largest absolute Gasteiger partial charge is 0.456 e. The quantitative estimate of drug-likeness (QED) is 0.0823. The molecule has 2 fully saturated rings. The van der Waals surface area contributed by atoms with Crippen LogP contribution < -0.4 is 19.2 Å². The van der Waals surface area contributed by atoms with E-state index in [9.17, 15) is 31.2 Å². The van der Waals surface area contributed by atoms with Crippen LogP contribution >= 0.6 is 0 Å². The number of carbonyl (C=O) groups is 3. The van der Waals surface area contributed by atoms with Gasteiger partial charge in [0.1, 0.15) is 18.3 Å². The predicted octanol–water partition coefficient (Wildman–Crippen LogP) is 9.91. The third-order valence-electron chi connectivity index (χ3n) is 14.0. The fraction of sp³-hybridized carbons (Fsp3) is 0.482. The highest BCUT2D eigenvalue weighted by Crippen LogP contribution is 2.36. The number of esters is 1. The van der Waals surface area contributed by atoms with Gasteiger partial charge in [0.25, 0.3) is 26.0 Å². The van der Waals surface area contributed by atoms with E-state index in [2.05, 4.69) is 66.0 Å². The lowest BCUT2D eigenvalue weighted by molar-refractivity contribution is -0.144. The standard InChI is InChI=1S/C29H38N4O5S.C27H36N4O4S/c1-20(34)38-19-27(35)30-22-11-14-24(15-12-22)39(36,37)32(5)23-13-16-26-25(17-23)31-28(29(2,3)4)33(26)18-21-9-7-6-8-10-21;1-27(2,3)26-29-23-16-21(12-15-24(23)31(26)17-19-8-6-5-7-9-19)30(4)36(34,35)22-13-10-20(11-14-22)28-25(33)18-32/h11-17,21H,6-10,18-19H2,1-5H3,(H,30,35);10-16,19,32H,5-9,17-18H2,1-4H3,(H,28,33). The summed E-state index contributed by atoms with van der Waals surface area (Å²) in [5.41, 5.74) is 5.19. The van der Waals surface area contributed by atoms with Crippen LogP contribution in [0, 0.1) is 11.8 Å². The minimum Gasteiger partial charge on any atom is -0.456 e. The number of fused-ring (bicyclic) bond motifs is 2. The molecular weight excluding hydrogens is 993 g/mol. The lowest BCUT2D eigenvalue weighted by Gasteiger charge is -2.26. The number of anilines is 4. The summed E-state index contributed by atoms with van der Waals surface area (Å²) in [5, 5.41) is 13.9. The van der Waals surface area contributed by atoms with Crippen molar-refractivity contribution in [3.63, 3.8) is 0 Å². The molecule has 17 nitrogen and oxygen atoms in total. The van der Waals surface area contributed by atoms with Crippen LogP contribution in [-0.4, -0.2) is 86.1 Å². The zero-order valence-corrected chi connectivity index (χ0v) is 46.5. The molecule has 2 heterocycles. The molecule has 19 heteroatoms. The van der Waals surface area contributed by atoms with Crippen molar-refractivity contribution >= 4 is 82.6 Å². The third-order valence-corrected chi connectivity index (χ3v) is 17.6. The second-order valence-corrected chi connectivity index (χ2v) is 25.9. The number of aromatic nitrogens is 4. The molecule has 0 atom stereocenters. The van der Waals surface area contributed by atoms with E-state index in [1.165, 1.54) is 142 Å². The number of amides is 2.